The van der Waals surface area contributed by atoms with E-state index in [9.17, 15) is 14.9 Å². The van der Waals surface area contributed by atoms with Gasteiger partial charge >= 0.3 is 0 Å². The average Bonchev–Trinajstić information content (AvgIpc) is 2.94. The number of amides is 1. The van der Waals surface area contributed by atoms with Crippen molar-refractivity contribution >= 4 is 40.3 Å². The fourth-order valence-electron chi connectivity index (χ4n) is 2.88. The zero-order valence-corrected chi connectivity index (χ0v) is 17.0. The Kier molecular flexibility index (Phi) is 5.65. The highest BCUT2D eigenvalue weighted by atomic mass is 32.2. The van der Waals surface area contributed by atoms with E-state index in [-0.39, 0.29) is 11.6 Å². The predicted octanol–water partition coefficient (Wildman–Crippen LogP) is 5.14. The Hall–Kier alpha value is -2.93. The van der Waals surface area contributed by atoms with Crippen molar-refractivity contribution in [3.63, 3.8) is 0 Å². The third-order valence-electron chi connectivity index (χ3n) is 4.51. The first-order valence-electron chi connectivity index (χ1n) is 8.92. The fraction of sp³-hybridized carbons (Fsp3) is 0.238. The molecule has 1 fully saturated rings. The molecule has 1 aliphatic rings. The molecule has 2 aromatic carbocycles. The molecule has 3 rings (SSSR count). The maximum Gasteiger partial charge on any atom is 0.272 e. The number of hydrogen-bond donors (Lipinski definition) is 0. The number of likely N-dealkylation sites (N-methyl/N-ethyl adjacent to an activating group) is 1. The van der Waals surface area contributed by atoms with Gasteiger partial charge in [-0.15, -0.1) is 0 Å². The van der Waals surface area contributed by atoms with Gasteiger partial charge < -0.3 is 0 Å². The largest absolute Gasteiger partial charge is 0.287 e. The van der Waals surface area contributed by atoms with E-state index in [4.69, 9.17) is 4.99 Å². The van der Waals surface area contributed by atoms with E-state index in [1.54, 1.807) is 30.0 Å². The minimum absolute atomic E-state index is 0.0430. The molecule has 0 atom stereocenters. The second kappa shape index (κ2) is 7.98. The van der Waals surface area contributed by atoms with Gasteiger partial charge in [0.15, 0.2) is 5.17 Å². The number of aryl methyl sites for hydroxylation is 3. The first kappa shape index (κ1) is 19.8. The third kappa shape index (κ3) is 3.99. The van der Waals surface area contributed by atoms with Crippen LogP contribution in [0.1, 0.15) is 29.2 Å². The monoisotopic (exact) mass is 395 g/mol. The number of nitro groups is 1. The second-order valence-electron chi connectivity index (χ2n) is 6.65. The number of thioether (sulfide) groups is 1. The molecule has 0 saturated carbocycles. The quantitative estimate of drug-likeness (QED) is 0.408. The van der Waals surface area contributed by atoms with E-state index < -0.39 is 4.92 Å². The average molecular weight is 395 g/mol. The molecule has 0 aromatic heterocycles. The summed E-state index contributed by atoms with van der Waals surface area (Å²) in [6, 6.07) is 11.0. The van der Waals surface area contributed by atoms with E-state index in [0.29, 0.717) is 27.7 Å². The number of aliphatic imine (C=N–C) groups is 1. The molecule has 7 heteroatoms. The van der Waals surface area contributed by atoms with Gasteiger partial charge in [0.25, 0.3) is 11.6 Å². The van der Waals surface area contributed by atoms with Crippen molar-refractivity contribution in [2.24, 2.45) is 4.99 Å². The van der Waals surface area contributed by atoms with Crippen molar-refractivity contribution in [2.45, 2.75) is 27.7 Å². The van der Waals surface area contributed by atoms with Crippen LogP contribution in [0.5, 0.6) is 0 Å². The molecule has 1 heterocycles. The molecular weight excluding hydrogens is 374 g/mol. The lowest BCUT2D eigenvalue weighted by Crippen LogP contribution is -2.28. The fourth-order valence-corrected chi connectivity index (χ4v) is 3.93. The Bertz CT molecular complexity index is 1030. The lowest BCUT2D eigenvalue weighted by molar-refractivity contribution is -0.385. The molecule has 0 N–H and O–H groups in total. The van der Waals surface area contributed by atoms with Gasteiger partial charge in [0.1, 0.15) is 0 Å². The van der Waals surface area contributed by atoms with Crippen molar-refractivity contribution in [1.82, 2.24) is 4.90 Å². The van der Waals surface area contributed by atoms with Crippen LogP contribution >= 0.6 is 11.8 Å². The number of carbonyl (C=O) groups is 1. The Morgan fingerprint density at radius 3 is 2.54 bits per heavy atom. The number of rotatable bonds is 4. The Morgan fingerprint density at radius 1 is 1.14 bits per heavy atom. The highest BCUT2D eigenvalue weighted by Crippen LogP contribution is 2.35. The molecule has 1 saturated heterocycles. The van der Waals surface area contributed by atoms with Crippen LogP contribution in [0, 0.1) is 30.9 Å². The standard InChI is InChI=1S/C21H21N3O3S/c1-5-23-20(25)19(12-16-9-8-15(4)18(11-16)24(26)27)28-21(23)22-17-10-13(2)6-7-14(17)3/h6-12H,5H2,1-4H3/b19-12+,22-21?. The summed E-state index contributed by atoms with van der Waals surface area (Å²) in [4.78, 5) is 30.4. The van der Waals surface area contributed by atoms with E-state index >= 15 is 0 Å². The minimum Gasteiger partial charge on any atom is -0.287 e. The van der Waals surface area contributed by atoms with Gasteiger partial charge in [0.2, 0.25) is 0 Å². The maximum absolute atomic E-state index is 12.8. The molecule has 2 aromatic rings. The van der Waals surface area contributed by atoms with Crippen LogP contribution in [0.2, 0.25) is 0 Å². The summed E-state index contributed by atoms with van der Waals surface area (Å²) in [7, 11) is 0. The SMILES string of the molecule is CCN1C(=O)/C(=C\c2ccc(C)c([N+](=O)[O-])c2)SC1=Nc1cc(C)ccc1C. The van der Waals surface area contributed by atoms with E-state index in [1.807, 2.05) is 39.0 Å². The van der Waals surface area contributed by atoms with Gasteiger partial charge in [0.05, 0.1) is 15.5 Å². The van der Waals surface area contributed by atoms with Gasteiger partial charge in [-0.2, -0.15) is 0 Å². The van der Waals surface area contributed by atoms with Crippen LogP contribution in [0.4, 0.5) is 11.4 Å². The molecule has 144 valence electrons. The first-order valence-corrected chi connectivity index (χ1v) is 9.74. The molecule has 0 unspecified atom stereocenters. The number of nitrogens with zero attached hydrogens (tertiary/aromatic N) is 3. The summed E-state index contributed by atoms with van der Waals surface area (Å²) in [5.74, 6) is -0.139. The van der Waals surface area contributed by atoms with E-state index in [2.05, 4.69) is 0 Å². The lowest BCUT2D eigenvalue weighted by Gasteiger charge is -2.12. The minimum atomic E-state index is -0.410. The Labute approximate surface area is 168 Å². The molecule has 0 radical (unpaired) electrons. The van der Waals surface area contributed by atoms with Crippen LogP contribution in [0.15, 0.2) is 46.3 Å². The summed E-state index contributed by atoms with van der Waals surface area (Å²) in [6.45, 7) is 8.08. The van der Waals surface area contributed by atoms with Gasteiger partial charge in [0, 0.05) is 18.2 Å². The van der Waals surface area contributed by atoms with Gasteiger partial charge in [-0.05, 0) is 68.3 Å². The first-order chi connectivity index (χ1) is 13.3. The van der Waals surface area contributed by atoms with Crippen molar-refractivity contribution in [2.75, 3.05) is 6.54 Å². The van der Waals surface area contributed by atoms with Gasteiger partial charge in [-0.1, -0.05) is 24.3 Å². The van der Waals surface area contributed by atoms with Crippen molar-refractivity contribution in [3.8, 4) is 0 Å². The summed E-state index contributed by atoms with van der Waals surface area (Å²) in [6.07, 6.45) is 1.69. The maximum atomic E-state index is 12.8. The van der Waals surface area contributed by atoms with Crippen LogP contribution < -0.4 is 0 Å². The van der Waals surface area contributed by atoms with Crippen molar-refractivity contribution in [1.29, 1.82) is 0 Å². The predicted molar refractivity (Wildman–Crippen MR) is 114 cm³/mol. The van der Waals surface area contributed by atoms with Gasteiger partial charge in [-0.25, -0.2) is 4.99 Å². The Balaban J connectivity index is 1.99. The normalized spacial score (nSPS) is 17.0. The summed E-state index contributed by atoms with van der Waals surface area (Å²) in [5.41, 5.74) is 4.23. The summed E-state index contributed by atoms with van der Waals surface area (Å²) >= 11 is 1.29. The molecule has 1 aliphatic heterocycles. The van der Waals surface area contributed by atoms with Crippen molar-refractivity contribution < 1.29 is 9.72 Å². The number of hydrogen-bond acceptors (Lipinski definition) is 5. The van der Waals surface area contributed by atoms with Gasteiger partial charge in [-0.3, -0.25) is 19.8 Å². The van der Waals surface area contributed by atoms with E-state index in [1.165, 1.54) is 17.8 Å². The summed E-state index contributed by atoms with van der Waals surface area (Å²) in [5, 5.41) is 11.8. The topological polar surface area (TPSA) is 75.8 Å². The smallest absolute Gasteiger partial charge is 0.272 e. The van der Waals surface area contributed by atoms with Crippen LogP contribution in [0.25, 0.3) is 6.08 Å². The number of benzene rings is 2. The second-order valence-corrected chi connectivity index (χ2v) is 7.66. The highest BCUT2D eigenvalue weighted by Gasteiger charge is 2.32. The molecule has 28 heavy (non-hydrogen) atoms. The van der Waals surface area contributed by atoms with Crippen LogP contribution in [-0.4, -0.2) is 27.4 Å². The molecular formula is C21H21N3O3S. The molecule has 0 bridgehead atoms. The molecule has 6 nitrogen and oxygen atoms in total. The number of carbonyl (C=O) groups excluding carboxylic acids is 1. The third-order valence-corrected chi connectivity index (χ3v) is 5.52. The summed E-state index contributed by atoms with van der Waals surface area (Å²) < 4.78 is 0. The lowest BCUT2D eigenvalue weighted by atomic mass is 10.1. The van der Waals surface area contributed by atoms with Crippen LogP contribution in [0.3, 0.4) is 0 Å². The molecule has 0 aliphatic carbocycles. The number of nitro benzene ring substituents is 1. The zero-order chi connectivity index (χ0) is 20.4. The molecule has 1 amide bonds. The number of amidine groups is 1. The highest BCUT2D eigenvalue weighted by molar-refractivity contribution is 8.18. The van der Waals surface area contributed by atoms with Crippen molar-refractivity contribution in [3.05, 3.63) is 73.7 Å². The molecule has 0 spiro atoms. The van der Waals surface area contributed by atoms with Crippen LogP contribution in [-0.2, 0) is 4.79 Å². The Morgan fingerprint density at radius 2 is 1.86 bits per heavy atom. The zero-order valence-electron chi connectivity index (χ0n) is 16.2. The van der Waals surface area contributed by atoms with E-state index in [0.717, 1.165) is 16.8 Å².